The summed E-state index contributed by atoms with van der Waals surface area (Å²) >= 11 is 0. The third-order valence-electron chi connectivity index (χ3n) is 4.97. The zero-order valence-corrected chi connectivity index (χ0v) is 15.6. The number of amides is 3. The van der Waals surface area contributed by atoms with Crippen LogP contribution < -0.4 is 15.1 Å². The molecular weight excluding hydrogens is 348 g/mol. The molecule has 0 aliphatic carbocycles. The van der Waals surface area contributed by atoms with E-state index < -0.39 is 0 Å². The maximum Gasteiger partial charge on any atom is 0.248 e. The lowest BCUT2D eigenvalue weighted by atomic mass is 10.1. The molecule has 8 heteroatoms. The molecule has 1 N–H and O–H groups in total. The molecule has 0 bridgehead atoms. The predicted molar refractivity (Wildman–Crippen MR) is 100 cm³/mol. The molecule has 8 nitrogen and oxygen atoms in total. The van der Waals surface area contributed by atoms with Crippen LogP contribution in [0.15, 0.2) is 24.3 Å². The second-order valence-corrected chi connectivity index (χ2v) is 6.76. The van der Waals surface area contributed by atoms with Gasteiger partial charge in [0.15, 0.2) is 0 Å². The number of ether oxygens (including phenoxy) is 1. The zero-order valence-electron chi connectivity index (χ0n) is 15.6. The van der Waals surface area contributed by atoms with Crippen LogP contribution in [0.4, 0.5) is 5.69 Å². The van der Waals surface area contributed by atoms with Crippen LogP contribution in [0.1, 0.15) is 25.7 Å². The van der Waals surface area contributed by atoms with Gasteiger partial charge < -0.3 is 9.64 Å². The van der Waals surface area contributed by atoms with Gasteiger partial charge in [-0.2, -0.15) is 5.01 Å². The summed E-state index contributed by atoms with van der Waals surface area (Å²) < 4.78 is 5.43. The van der Waals surface area contributed by atoms with Crippen LogP contribution in [0.25, 0.3) is 0 Å². The van der Waals surface area contributed by atoms with Crippen molar-refractivity contribution in [2.45, 2.75) is 25.7 Å². The maximum atomic E-state index is 12.1. The van der Waals surface area contributed by atoms with Crippen molar-refractivity contribution in [2.75, 3.05) is 44.7 Å². The van der Waals surface area contributed by atoms with Crippen molar-refractivity contribution in [1.29, 1.82) is 0 Å². The van der Waals surface area contributed by atoms with Gasteiger partial charge in [0.2, 0.25) is 17.7 Å². The Morgan fingerprint density at radius 2 is 1.74 bits per heavy atom. The van der Waals surface area contributed by atoms with Crippen LogP contribution in [0.5, 0.6) is 5.75 Å². The number of hydrogen-bond acceptors (Lipinski definition) is 6. The van der Waals surface area contributed by atoms with Crippen molar-refractivity contribution >= 4 is 23.4 Å². The van der Waals surface area contributed by atoms with Gasteiger partial charge in [0, 0.05) is 52.0 Å². The first-order valence-corrected chi connectivity index (χ1v) is 9.34. The van der Waals surface area contributed by atoms with Crippen molar-refractivity contribution in [1.82, 2.24) is 15.3 Å². The van der Waals surface area contributed by atoms with Gasteiger partial charge in [0.1, 0.15) is 5.75 Å². The number of anilines is 1. The van der Waals surface area contributed by atoms with E-state index >= 15 is 0 Å². The number of carbonyl (C=O) groups is 3. The smallest absolute Gasteiger partial charge is 0.248 e. The lowest BCUT2D eigenvalue weighted by molar-refractivity contribution is -0.156. The highest BCUT2D eigenvalue weighted by Crippen LogP contribution is 2.28. The molecule has 2 saturated heterocycles. The number of nitrogens with one attached hydrogen (secondary N) is 1. The zero-order chi connectivity index (χ0) is 19.2. The Morgan fingerprint density at radius 3 is 2.41 bits per heavy atom. The molecule has 2 aliphatic rings. The molecule has 1 aromatic carbocycles. The van der Waals surface area contributed by atoms with E-state index in [9.17, 15) is 14.4 Å². The summed E-state index contributed by atoms with van der Waals surface area (Å²) in [5.41, 5.74) is 3.53. The van der Waals surface area contributed by atoms with Gasteiger partial charge in [-0.3, -0.25) is 24.7 Å². The van der Waals surface area contributed by atoms with Crippen LogP contribution in [0, 0.1) is 0 Å². The normalized spacial score (nSPS) is 18.6. The standard InChI is InChI=1S/C19H26N4O4/c1-27-16-6-3-2-5-15(16)22-13-11-21(12-14-22)10-9-17(24)20-23-18(25)7-4-8-19(23)26/h2-3,5-6H,4,7-14H2,1H3,(H,20,24). The van der Waals surface area contributed by atoms with Gasteiger partial charge in [-0.05, 0) is 18.6 Å². The fourth-order valence-electron chi connectivity index (χ4n) is 3.42. The molecule has 0 radical (unpaired) electrons. The van der Waals surface area contributed by atoms with E-state index in [0.717, 1.165) is 42.6 Å². The lowest BCUT2D eigenvalue weighted by Crippen LogP contribution is -2.52. The molecule has 1 aromatic rings. The van der Waals surface area contributed by atoms with E-state index in [4.69, 9.17) is 4.74 Å². The van der Waals surface area contributed by atoms with Crippen molar-refractivity contribution in [2.24, 2.45) is 0 Å². The summed E-state index contributed by atoms with van der Waals surface area (Å²) in [6, 6.07) is 7.95. The third kappa shape index (κ3) is 4.77. The first-order valence-electron chi connectivity index (χ1n) is 9.34. The highest BCUT2D eigenvalue weighted by molar-refractivity contribution is 5.99. The van der Waals surface area contributed by atoms with E-state index in [-0.39, 0.29) is 24.1 Å². The van der Waals surface area contributed by atoms with Crippen LogP contribution >= 0.6 is 0 Å². The quantitative estimate of drug-likeness (QED) is 0.741. The summed E-state index contributed by atoms with van der Waals surface area (Å²) in [6.45, 7) is 3.98. The first kappa shape index (κ1) is 19.2. The number of nitrogens with zero attached hydrogens (tertiary/aromatic N) is 3. The molecule has 3 rings (SSSR count). The Hall–Kier alpha value is -2.61. The summed E-state index contributed by atoms with van der Waals surface area (Å²) in [7, 11) is 1.67. The number of imide groups is 1. The lowest BCUT2D eigenvalue weighted by Gasteiger charge is -2.36. The molecule has 0 aromatic heterocycles. The number of methoxy groups -OCH3 is 1. The minimum absolute atomic E-state index is 0.256. The van der Waals surface area contributed by atoms with Crippen LogP contribution in [-0.4, -0.2) is 67.5 Å². The Bertz CT molecular complexity index is 685. The number of piperazine rings is 1. The number of piperidine rings is 1. The number of benzene rings is 1. The fraction of sp³-hybridized carbons (Fsp3) is 0.526. The van der Waals surface area contributed by atoms with Gasteiger partial charge in [-0.25, -0.2) is 0 Å². The minimum Gasteiger partial charge on any atom is -0.495 e. The summed E-state index contributed by atoms with van der Waals surface area (Å²) in [4.78, 5) is 40.1. The average Bonchev–Trinajstić information content (AvgIpc) is 2.69. The second-order valence-electron chi connectivity index (χ2n) is 6.76. The first-order chi connectivity index (χ1) is 13.1. The molecule has 0 atom stereocenters. The Labute approximate surface area is 159 Å². The minimum atomic E-state index is -0.329. The third-order valence-corrected chi connectivity index (χ3v) is 4.97. The highest BCUT2D eigenvalue weighted by atomic mass is 16.5. The molecule has 0 spiro atoms. The van der Waals surface area contributed by atoms with Crippen LogP contribution in [0.2, 0.25) is 0 Å². The van der Waals surface area contributed by atoms with Crippen LogP contribution in [-0.2, 0) is 14.4 Å². The number of para-hydroxylation sites is 2. The largest absolute Gasteiger partial charge is 0.495 e. The molecule has 0 saturated carbocycles. The van der Waals surface area contributed by atoms with Crippen molar-refractivity contribution in [3.63, 3.8) is 0 Å². The van der Waals surface area contributed by atoms with E-state index in [2.05, 4.69) is 21.3 Å². The number of hydrazine groups is 1. The summed E-state index contributed by atoms with van der Waals surface area (Å²) in [5, 5.41) is 0.880. The Morgan fingerprint density at radius 1 is 1.07 bits per heavy atom. The van der Waals surface area contributed by atoms with Gasteiger partial charge in [-0.15, -0.1) is 0 Å². The topological polar surface area (TPSA) is 82.2 Å². The second kappa shape index (κ2) is 8.85. The van der Waals surface area contributed by atoms with Gasteiger partial charge >= 0.3 is 0 Å². The molecule has 2 fully saturated rings. The van der Waals surface area contributed by atoms with E-state index in [0.29, 0.717) is 25.8 Å². The molecule has 3 amide bonds. The van der Waals surface area contributed by atoms with Gasteiger partial charge in [0.05, 0.1) is 12.8 Å². The molecule has 0 unspecified atom stereocenters. The van der Waals surface area contributed by atoms with Gasteiger partial charge in [-0.1, -0.05) is 12.1 Å². The summed E-state index contributed by atoms with van der Waals surface area (Å²) in [5.74, 6) is -0.0954. The maximum absolute atomic E-state index is 12.1. The van der Waals surface area contributed by atoms with Crippen molar-refractivity contribution < 1.29 is 19.1 Å². The Kier molecular flexibility index (Phi) is 6.28. The molecule has 2 aliphatic heterocycles. The Balaban J connectivity index is 1.43. The fourth-order valence-corrected chi connectivity index (χ4v) is 3.42. The average molecular weight is 374 g/mol. The molecule has 27 heavy (non-hydrogen) atoms. The van der Waals surface area contributed by atoms with E-state index in [1.165, 1.54) is 0 Å². The van der Waals surface area contributed by atoms with Crippen LogP contribution in [0.3, 0.4) is 0 Å². The number of hydrogen-bond donors (Lipinski definition) is 1. The van der Waals surface area contributed by atoms with Gasteiger partial charge in [0.25, 0.3) is 0 Å². The van der Waals surface area contributed by atoms with Crippen molar-refractivity contribution in [3.8, 4) is 5.75 Å². The van der Waals surface area contributed by atoms with E-state index in [1.54, 1.807) is 7.11 Å². The SMILES string of the molecule is COc1ccccc1N1CCN(CCC(=O)NN2C(=O)CCCC2=O)CC1. The molecule has 2 heterocycles. The monoisotopic (exact) mass is 374 g/mol. The van der Waals surface area contributed by atoms with Crippen molar-refractivity contribution in [3.05, 3.63) is 24.3 Å². The molecule has 146 valence electrons. The predicted octanol–water partition coefficient (Wildman–Crippen LogP) is 0.778. The number of carbonyl (C=O) groups excluding carboxylic acids is 3. The highest BCUT2D eigenvalue weighted by Gasteiger charge is 2.27. The number of rotatable bonds is 6. The van der Waals surface area contributed by atoms with E-state index in [1.807, 2.05) is 18.2 Å². The summed E-state index contributed by atoms with van der Waals surface area (Å²) in [6.07, 6.45) is 1.42. The molecular formula is C19H26N4O4.